The van der Waals surface area contributed by atoms with E-state index in [1.54, 1.807) is 35.0 Å². The summed E-state index contributed by atoms with van der Waals surface area (Å²) in [6, 6.07) is 8.58. The van der Waals surface area contributed by atoms with E-state index in [0.717, 1.165) is 11.4 Å². The maximum Gasteiger partial charge on any atom is 0.356 e. The van der Waals surface area contributed by atoms with E-state index < -0.39 is 5.97 Å². The van der Waals surface area contributed by atoms with Gasteiger partial charge in [0.2, 0.25) is 5.91 Å². The molecule has 0 spiro atoms. The first-order valence-corrected chi connectivity index (χ1v) is 7.44. The quantitative estimate of drug-likeness (QED) is 0.732. The van der Waals surface area contributed by atoms with Crippen molar-refractivity contribution in [2.24, 2.45) is 0 Å². The molecule has 0 saturated heterocycles. The van der Waals surface area contributed by atoms with E-state index in [-0.39, 0.29) is 17.1 Å². The number of carboxylic acid groups (broad SMARTS) is 1. The highest BCUT2D eigenvalue weighted by atomic mass is 16.4. The summed E-state index contributed by atoms with van der Waals surface area (Å²) in [5, 5.41) is 15.3. The summed E-state index contributed by atoms with van der Waals surface area (Å²) in [6.07, 6.45) is 0. The molecule has 0 aliphatic heterocycles. The van der Waals surface area contributed by atoms with E-state index in [1.165, 1.54) is 6.92 Å². The topological polar surface area (TPSA) is 110 Å². The maximum atomic E-state index is 10.6. The summed E-state index contributed by atoms with van der Waals surface area (Å²) in [4.78, 5) is 21.2. The second kappa shape index (κ2) is 7.63. The summed E-state index contributed by atoms with van der Waals surface area (Å²) in [5.41, 5.74) is 7.71. The number of aromatic nitrogens is 2. The van der Waals surface area contributed by atoms with Gasteiger partial charge in [-0.2, -0.15) is 5.10 Å². The number of aromatic carboxylic acids is 1. The van der Waals surface area contributed by atoms with Crippen LogP contribution >= 0.6 is 0 Å². The number of nitrogen functional groups attached to an aromatic ring is 1. The number of carbonyl (C=O) groups is 2. The Kier molecular flexibility index (Phi) is 6.11. The van der Waals surface area contributed by atoms with Crippen LogP contribution in [0, 0.1) is 6.92 Å². The normalized spacial score (nSPS) is 10.5. The number of hydrogen-bond donors (Lipinski definition) is 3. The Morgan fingerprint density at radius 3 is 2.08 bits per heavy atom. The van der Waals surface area contributed by atoms with Crippen LogP contribution in [0.25, 0.3) is 0 Å². The third-order valence-corrected chi connectivity index (χ3v) is 2.97. The first-order chi connectivity index (χ1) is 11.0. The summed E-state index contributed by atoms with van der Waals surface area (Å²) >= 11 is 0. The van der Waals surface area contributed by atoms with Gasteiger partial charge in [-0.05, 0) is 58.0 Å². The lowest BCUT2D eigenvalue weighted by Gasteiger charge is -2.20. The number of aryl methyl sites for hydroxylation is 1. The number of carboxylic acids is 1. The highest BCUT2D eigenvalue weighted by molar-refractivity contribution is 5.88. The Bertz CT molecular complexity index is 712. The van der Waals surface area contributed by atoms with E-state index in [4.69, 9.17) is 10.8 Å². The summed E-state index contributed by atoms with van der Waals surface area (Å²) in [7, 11) is 0. The van der Waals surface area contributed by atoms with E-state index in [9.17, 15) is 9.59 Å². The Hall–Kier alpha value is -2.83. The molecule has 0 aliphatic carbocycles. The number of nitrogens with one attached hydrogen (secondary N) is 1. The molecule has 0 aliphatic rings. The fraction of sp³-hybridized carbons (Fsp3) is 0.353. The summed E-state index contributed by atoms with van der Waals surface area (Å²) < 4.78 is 1.72. The molecule has 2 aromatic rings. The fourth-order valence-electron chi connectivity index (χ4n) is 2.03. The minimum Gasteiger partial charge on any atom is -0.476 e. The van der Waals surface area contributed by atoms with Crippen LogP contribution in [0.2, 0.25) is 0 Å². The zero-order valence-corrected chi connectivity index (χ0v) is 14.6. The molecule has 7 nitrogen and oxygen atoms in total. The zero-order valence-electron chi connectivity index (χ0n) is 14.6. The van der Waals surface area contributed by atoms with Crippen molar-refractivity contribution in [3.05, 3.63) is 41.7 Å². The van der Waals surface area contributed by atoms with E-state index in [2.05, 4.69) is 10.4 Å². The number of benzene rings is 1. The monoisotopic (exact) mass is 332 g/mol. The van der Waals surface area contributed by atoms with Crippen molar-refractivity contribution in [3.63, 3.8) is 0 Å². The second-order valence-corrected chi connectivity index (χ2v) is 6.36. The standard InChI is InChI=1S/C9H14N2O2.C8H10N2O/c1-6-5-7(8(12)13)10-11(6)9(2,3)4;1-6(11)10-8-4-2-7(9)3-5-8/h5H,1-4H3,(H,12,13);2-5H,9H2,1H3,(H,10,11). The molecule has 130 valence electrons. The molecule has 1 aromatic heterocycles. The summed E-state index contributed by atoms with van der Waals surface area (Å²) in [6.45, 7) is 9.27. The molecule has 0 fully saturated rings. The molecule has 1 amide bonds. The lowest BCUT2D eigenvalue weighted by atomic mass is 10.1. The number of hydrogen-bond acceptors (Lipinski definition) is 4. The number of nitrogens with two attached hydrogens (primary N) is 1. The van der Waals surface area contributed by atoms with Crippen molar-refractivity contribution < 1.29 is 14.7 Å². The third kappa shape index (κ3) is 5.75. The van der Waals surface area contributed by atoms with Crippen LogP contribution in [0.1, 0.15) is 43.9 Å². The maximum absolute atomic E-state index is 10.6. The van der Waals surface area contributed by atoms with E-state index in [0.29, 0.717) is 5.69 Å². The average molecular weight is 332 g/mol. The van der Waals surface area contributed by atoms with Gasteiger partial charge in [-0.3, -0.25) is 9.48 Å². The molecule has 0 unspecified atom stereocenters. The van der Waals surface area contributed by atoms with Gasteiger partial charge in [0.1, 0.15) is 0 Å². The van der Waals surface area contributed by atoms with Crippen LogP contribution in [0.5, 0.6) is 0 Å². The molecule has 0 radical (unpaired) electrons. The van der Waals surface area contributed by atoms with Crippen molar-refractivity contribution in [2.45, 2.75) is 40.2 Å². The van der Waals surface area contributed by atoms with Gasteiger partial charge in [0.05, 0.1) is 5.54 Å². The Labute approximate surface area is 141 Å². The molecule has 2 rings (SSSR count). The Morgan fingerprint density at radius 2 is 1.75 bits per heavy atom. The first-order valence-electron chi connectivity index (χ1n) is 7.44. The smallest absolute Gasteiger partial charge is 0.356 e. The predicted octanol–water partition coefficient (Wildman–Crippen LogP) is 2.87. The molecule has 1 aromatic carbocycles. The average Bonchev–Trinajstić information content (AvgIpc) is 2.84. The highest BCUT2D eigenvalue weighted by Gasteiger charge is 2.19. The third-order valence-electron chi connectivity index (χ3n) is 2.97. The minimum absolute atomic E-state index is 0.0743. The SMILES string of the molecule is CC(=O)Nc1ccc(N)cc1.Cc1cc(C(=O)O)nn1C(C)(C)C. The summed E-state index contributed by atoms with van der Waals surface area (Å²) in [5.74, 6) is -1.05. The van der Waals surface area contributed by atoms with Crippen LogP contribution in [-0.2, 0) is 10.3 Å². The molecule has 0 saturated carbocycles. The molecule has 0 bridgehead atoms. The van der Waals surface area contributed by atoms with Crippen molar-refractivity contribution in [3.8, 4) is 0 Å². The van der Waals surface area contributed by atoms with Crippen LogP contribution in [0.3, 0.4) is 0 Å². The van der Waals surface area contributed by atoms with Crippen molar-refractivity contribution in [1.82, 2.24) is 9.78 Å². The molecule has 7 heteroatoms. The fourth-order valence-corrected chi connectivity index (χ4v) is 2.03. The van der Waals surface area contributed by atoms with Crippen molar-refractivity contribution in [2.75, 3.05) is 11.1 Å². The molecule has 0 atom stereocenters. The van der Waals surface area contributed by atoms with Gasteiger partial charge >= 0.3 is 5.97 Å². The second-order valence-electron chi connectivity index (χ2n) is 6.36. The van der Waals surface area contributed by atoms with Gasteiger partial charge in [-0.15, -0.1) is 0 Å². The highest BCUT2D eigenvalue weighted by Crippen LogP contribution is 2.16. The van der Waals surface area contributed by atoms with Crippen LogP contribution in [0.4, 0.5) is 11.4 Å². The van der Waals surface area contributed by atoms with E-state index in [1.807, 2.05) is 27.7 Å². The van der Waals surface area contributed by atoms with Crippen LogP contribution in [-0.4, -0.2) is 26.8 Å². The van der Waals surface area contributed by atoms with Crippen molar-refractivity contribution >= 4 is 23.3 Å². The number of amides is 1. The molecular formula is C17H24N4O3. The van der Waals surface area contributed by atoms with E-state index >= 15 is 0 Å². The van der Waals surface area contributed by atoms with Crippen LogP contribution < -0.4 is 11.1 Å². The van der Waals surface area contributed by atoms with Gasteiger partial charge in [0.25, 0.3) is 0 Å². The van der Waals surface area contributed by atoms with Crippen LogP contribution in [0.15, 0.2) is 30.3 Å². The molecular weight excluding hydrogens is 308 g/mol. The number of rotatable bonds is 2. The largest absolute Gasteiger partial charge is 0.476 e. The predicted molar refractivity (Wildman–Crippen MR) is 94.1 cm³/mol. The molecule has 1 heterocycles. The number of carbonyl (C=O) groups excluding carboxylic acids is 1. The van der Waals surface area contributed by atoms with Gasteiger partial charge in [0.15, 0.2) is 5.69 Å². The van der Waals surface area contributed by atoms with Gasteiger partial charge in [0, 0.05) is 24.0 Å². The lowest BCUT2D eigenvalue weighted by molar-refractivity contribution is -0.114. The Balaban J connectivity index is 0.000000243. The number of nitrogens with zero attached hydrogens (tertiary/aromatic N) is 2. The first kappa shape index (κ1) is 19.2. The molecule has 24 heavy (non-hydrogen) atoms. The lowest BCUT2D eigenvalue weighted by Crippen LogP contribution is -2.24. The minimum atomic E-state index is -0.980. The molecule has 4 N–H and O–H groups in total. The van der Waals surface area contributed by atoms with Gasteiger partial charge in [-0.25, -0.2) is 4.79 Å². The Morgan fingerprint density at radius 1 is 1.21 bits per heavy atom. The van der Waals surface area contributed by atoms with Gasteiger partial charge in [-0.1, -0.05) is 0 Å². The zero-order chi connectivity index (χ0) is 18.5. The van der Waals surface area contributed by atoms with Gasteiger partial charge < -0.3 is 16.2 Å². The number of anilines is 2. The van der Waals surface area contributed by atoms with Crippen molar-refractivity contribution in [1.29, 1.82) is 0 Å².